The molecule has 1 unspecified atom stereocenters. The molecule has 1 aliphatic heterocycles. The maximum atomic E-state index is 13.4. The second kappa shape index (κ2) is 7.02. The predicted molar refractivity (Wildman–Crippen MR) is 116 cm³/mol. The molecule has 3 aromatic carbocycles. The fourth-order valence-corrected chi connectivity index (χ4v) is 3.80. The smallest absolute Gasteiger partial charge is 0.266 e. The summed E-state index contributed by atoms with van der Waals surface area (Å²) in [5, 5.41) is 5.16. The van der Waals surface area contributed by atoms with Gasteiger partial charge >= 0.3 is 0 Å². The van der Waals surface area contributed by atoms with Crippen LogP contribution in [0.25, 0.3) is 16.6 Å². The van der Waals surface area contributed by atoms with E-state index < -0.39 is 0 Å². The SMILES string of the molecule is Cc1ccc(C2CNN=C2c2nc3ccccc3c(=O)n2-c2ccccc2)cc1. The highest BCUT2D eigenvalue weighted by atomic mass is 16.1. The molecular formula is C24H20N4O. The summed E-state index contributed by atoms with van der Waals surface area (Å²) in [5.74, 6) is 0.606. The third-order valence-corrected chi connectivity index (χ3v) is 5.32. The number of hydrogen-bond donors (Lipinski definition) is 1. The monoisotopic (exact) mass is 380 g/mol. The number of benzene rings is 3. The van der Waals surface area contributed by atoms with E-state index in [1.54, 1.807) is 4.57 Å². The number of nitrogens with zero attached hydrogens (tertiary/aromatic N) is 3. The minimum Gasteiger partial charge on any atom is -0.309 e. The number of fused-ring (bicyclic) bond motifs is 1. The molecule has 5 rings (SSSR count). The average Bonchev–Trinajstić information content (AvgIpc) is 3.24. The van der Waals surface area contributed by atoms with E-state index in [1.807, 2.05) is 54.6 Å². The van der Waals surface area contributed by atoms with Gasteiger partial charge in [0.25, 0.3) is 5.56 Å². The minimum absolute atomic E-state index is 0.0265. The molecule has 4 aromatic rings. The summed E-state index contributed by atoms with van der Waals surface area (Å²) in [5.41, 5.74) is 7.63. The number of para-hydroxylation sites is 2. The molecule has 5 heteroatoms. The maximum Gasteiger partial charge on any atom is 0.266 e. The third-order valence-electron chi connectivity index (χ3n) is 5.32. The lowest BCUT2D eigenvalue weighted by molar-refractivity contribution is 0.762. The summed E-state index contributed by atoms with van der Waals surface area (Å²) in [7, 11) is 0. The van der Waals surface area contributed by atoms with Crippen LogP contribution in [-0.2, 0) is 0 Å². The Morgan fingerprint density at radius 1 is 0.931 bits per heavy atom. The van der Waals surface area contributed by atoms with Gasteiger partial charge in [0, 0.05) is 6.54 Å². The van der Waals surface area contributed by atoms with Crippen LogP contribution in [0.15, 0.2) is 88.8 Å². The van der Waals surface area contributed by atoms with Crippen LogP contribution >= 0.6 is 0 Å². The van der Waals surface area contributed by atoms with E-state index in [9.17, 15) is 4.79 Å². The van der Waals surface area contributed by atoms with Gasteiger partial charge in [-0.1, -0.05) is 60.2 Å². The van der Waals surface area contributed by atoms with Crippen molar-refractivity contribution in [1.82, 2.24) is 15.0 Å². The molecule has 1 aliphatic rings. The van der Waals surface area contributed by atoms with E-state index in [0.29, 0.717) is 23.3 Å². The Labute approximate surface area is 168 Å². The Kier molecular flexibility index (Phi) is 4.21. The largest absolute Gasteiger partial charge is 0.309 e. The summed E-state index contributed by atoms with van der Waals surface area (Å²) in [6, 6.07) is 25.5. The van der Waals surface area contributed by atoms with Crippen LogP contribution in [0.3, 0.4) is 0 Å². The predicted octanol–water partition coefficient (Wildman–Crippen LogP) is 3.79. The van der Waals surface area contributed by atoms with Gasteiger partial charge < -0.3 is 5.43 Å². The summed E-state index contributed by atoms with van der Waals surface area (Å²) in [6.45, 7) is 2.75. The van der Waals surface area contributed by atoms with Crippen molar-refractivity contribution in [3.63, 3.8) is 0 Å². The van der Waals surface area contributed by atoms with Gasteiger partial charge in [-0.25, -0.2) is 4.98 Å². The Morgan fingerprint density at radius 2 is 1.66 bits per heavy atom. The van der Waals surface area contributed by atoms with E-state index in [2.05, 4.69) is 41.7 Å². The molecule has 1 aromatic heterocycles. The van der Waals surface area contributed by atoms with Crippen molar-refractivity contribution in [2.45, 2.75) is 12.8 Å². The van der Waals surface area contributed by atoms with Crippen LogP contribution in [0.4, 0.5) is 0 Å². The van der Waals surface area contributed by atoms with Crippen molar-refractivity contribution in [2.24, 2.45) is 5.10 Å². The Morgan fingerprint density at radius 3 is 2.45 bits per heavy atom. The van der Waals surface area contributed by atoms with Gasteiger partial charge in [0.05, 0.1) is 22.5 Å². The summed E-state index contributed by atoms with van der Waals surface area (Å²) in [4.78, 5) is 18.3. The first-order chi connectivity index (χ1) is 14.2. The molecule has 0 saturated carbocycles. The highest BCUT2D eigenvalue weighted by Crippen LogP contribution is 2.26. The first-order valence-electron chi connectivity index (χ1n) is 9.67. The van der Waals surface area contributed by atoms with Crippen molar-refractivity contribution in [1.29, 1.82) is 0 Å². The molecule has 0 spiro atoms. The van der Waals surface area contributed by atoms with Gasteiger partial charge in [-0.05, 0) is 36.8 Å². The van der Waals surface area contributed by atoms with Gasteiger partial charge in [0.2, 0.25) is 0 Å². The highest BCUT2D eigenvalue weighted by molar-refractivity contribution is 6.05. The molecule has 0 fully saturated rings. The molecule has 0 radical (unpaired) electrons. The zero-order chi connectivity index (χ0) is 19.8. The van der Waals surface area contributed by atoms with Crippen molar-refractivity contribution in [3.8, 4) is 5.69 Å². The van der Waals surface area contributed by atoms with Crippen LogP contribution in [0, 0.1) is 6.92 Å². The lowest BCUT2D eigenvalue weighted by atomic mass is 9.93. The van der Waals surface area contributed by atoms with Crippen LogP contribution < -0.4 is 11.0 Å². The van der Waals surface area contributed by atoms with Gasteiger partial charge in [-0.15, -0.1) is 0 Å². The molecule has 2 heterocycles. The van der Waals surface area contributed by atoms with Crippen LogP contribution in [0.1, 0.15) is 22.9 Å². The van der Waals surface area contributed by atoms with Crippen LogP contribution in [0.2, 0.25) is 0 Å². The van der Waals surface area contributed by atoms with Crippen molar-refractivity contribution < 1.29 is 0 Å². The fraction of sp³-hybridized carbons (Fsp3) is 0.125. The van der Waals surface area contributed by atoms with Gasteiger partial charge in [0.15, 0.2) is 5.82 Å². The van der Waals surface area contributed by atoms with E-state index in [1.165, 1.54) is 5.56 Å². The zero-order valence-corrected chi connectivity index (χ0v) is 16.0. The second-order valence-corrected chi connectivity index (χ2v) is 7.25. The molecule has 5 nitrogen and oxygen atoms in total. The van der Waals surface area contributed by atoms with Gasteiger partial charge in [-0.2, -0.15) is 5.10 Å². The van der Waals surface area contributed by atoms with Crippen molar-refractivity contribution >= 4 is 16.6 Å². The Balaban J connectivity index is 1.75. The van der Waals surface area contributed by atoms with Gasteiger partial charge in [-0.3, -0.25) is 9.36 Å². The van der Waals surface area contributed by atoms with Crippen LogP contribution in [-0.4, -0.2) is 21.8 Å². The first-order valence-corrected chi connectivity index (χ1v) is 9.67. The molecule has 1 N–H and O–H groups in total. The van der Waals surface area contributed by atoms with Crippen molar-refractivity contribution in [3.05, 3.63) is 106 Å². The number of rotatable bonds is 3. The zero-order valence-electron chi connectivity index (χ0n) is 16.0. The molecular weight excluding hydrogens is 360 g/mol. The Hall–Kier alpha value is -3.73. The van der Waals surface area contributed by atoms with Crippen molar-refractivity contribution in [2.75, 3.05) is 6.54 Å². The number of aryl methyl sites for hydroxylation is 1. The molecule has 1 atom stereocenters. The first kappa shape index (κ1) is 17.4. The molecule has 29 heavy (non-hydrogen) atoms. The van der Waals surface area contributed by atoms with E-state index in [0.717, 1.165) is 17.0 Å². The standard InChI is InChI=1S/C24H20N4O/c1-16-11-13-17(14-12-16)20-15-25-27-22(20)23-26-21-10-6-5-9-19(21)24(29)28(23)18-7-3-2-4-8-18/h2-14,20,25H,15H2,1H3. The number of nitrogens with one attached hydrogen (secondary N) is 1. The third kappa shape index (κ3) is 3.01. The average molecular weight is 380 g/mol. The molecule has 142 valence electrons. The molecule has 0 aliphatic carbocycles. The van der Waals surface area contributed by atoms with Crippen LogP contribution in [0.5, 0.6) is 0 Å². The molecule has 0 bridgehead atoms. The topological polar surface area (TPSA) is 59.3 Å². The summed E-state index contributed by atoms with van der Waals surface area (Å²) < 4.78 is 1.68. The molecule has 0 saturated heterocycles. The quantitative estimate of drug-likeness (QED) is 0.588. The lowest BCUT2D eigenvalue weighted by Crippen LogP contribution is -2.28. The lowest BCUT2D eigenvalue weighted by Gasteiger charge is -2.17. The Bertz CT molecular complexity index is 1270. The number of hydrazone groups is 1. The maximum absolute atomic E-state index is 13.4. The number of hydrogen-bond acceptors (Lipinski definition) is 4. The summed E-state index contributed by atoms with van der Waals surface area (Å²) >= 11 is 0. The van der Waals surface area contributed by atoms with Gasteiger partial charge in [0.1, 0.15) is 5.71 Å². The second-order valence-electron chi connectivity index (χ2n) is 7.25. The minimum atomic E-state index is -0.0888. The van der Waals surface area contributed by atoms with E-state index in [4.69, 9.17) is 4.98 Å². The van der Waals surface area contributed by atoms with E-state index in [-0.39, 0.29) is 11.5 Å². The molecule has 0 amide bonds. The summed E-state index contributed by atoms with van der Waals surface area (Å²) in [6.07, 6.45) is 0. The number of aromatic nitrogens is 2. The fourth-order valence-electron chi connectivity index (χ4n) is 3.80. The highest BCUT2D eigenvalue weighted by Gasteiger charge is 2.29. The van der Waals surface area contributed by atoms with E-state index >= 15 is 0 Å². The normalized spacial score (nSPS) is 15.9.